The Labute approximate surface area is 214 Å². The fourth-order valence-electron chi connectivity index (χ4n) is 5.43. The van der Waals surface area contributed by atoms with Gasteiger partial charge in [0.1, 0.15) is 6.10 Å². The van der Waals surface area contributed by atoms with Crippen LogP contribution in [0.25, 0.3) is 0 Å². The molecule has 0 spiro atoms. The van der Waals surface area contributed by atoms with Gasteiger partial charge >= 0.3 is 0 Å². The van der Waals surface area contributed by atoms with Crippen LogP contribution < -0.4 is 10.4 Å². The summed E-state index contributed by atoms with van der Waals surface area (Å²) in [6, 6.07) is 21.6. The smallest absolute Gasteiger partial charge is 0.261 e. The second-order valence-electron chi connectivity index (χ2n) is 11.3. The molecular formula is C30H46O4Si. The summed E-state index contributed by atoms with van der Waals surface area (Å²) in [6.45, 7) is 11.8. The van der Waals surface area contributed by atoms with Gasteiger partial charge in [-0.2, -0.15) is 0 Å². The number of aliphatic hydroxyl groups excluding tert-OH is 1. The zero-order valence-corrected chi connectivity index (χ0v) is 23.5. The zero-order chi connectivity index (χ0) is 25.4. The normalized spacial score (nSPS) is 20.3. The first-order valence-electron chi connectivity index (χ1n) is 13.4. The van der Waals surface area contributed by atoms with E-state index in [0.29, 0.717) is 13.2 Å². The second-order valence-corrected chi connectivity index (χ2v) is 15.6. The van der Waals surface area contributed by atoms with Crippen LogP contribution in [-0.2, 0) is 13.9 Å². The minimum atomic E-state index is -2.61. The van der Waals surface area contributed by atoms with Crippen LogP contribution >= 0.6 is 0 Å². The highest BCUT2D eigenvalue weighted by molar-refractivity contribution is 6.99. The first-order chi connectivity index (χ1) is 16.7. The summed E-state index contributed by atoms with van der Waals surface area (Å²) < 4.78 is 19.9. The van der Waals surface area contributed by atoms with Gasteiger partial charge in [0.25, 0.3) is 8.32 Å². The van der Waals surface area contributed by atoms with Crippen LogP contribution in [0.5, 0.6) is 0 Å². The molecule has 2 atom stereocenters. The van der Waals surface area contributed by atoms with E-state index in [-0.39, 0.29) is 17.2 Å². The van der Waals surface area contributed by atoms with Crippen molar-refractivity contribution >= 4 is 18.7 Å². The Morgan fingerprint density at radius 1 is 0.771 bits per heavy atom. The van der Waals surface area contributed by atoms with E-state index in [1.807, 2.05) is 13.8 Å². The van der Waals surface area contributed by atoms with Gasteiger partial charge in [-0.3, -0.25) is 0 Å². The minimum absolute atomic E-state index is 0.0423. The average Bonchev–Trinajstić information content (AvgIpc) is 3.12. The maximum Gasteiger partial charge on any atom is 0.261 e. The molecule has 4 nitrogen and oxygen atoms in total. The summed E-state index contributed by atoms with van der Waals surface area (Å²) in [5.74, 6) is -0.592. The summed E-state index contributed by atoms with van der Waals surface area (Å²) in [6.07, 6.45) is 7.68. The lowest BCUT2D eigenvalue weighted by Gasteiger charge is -2.43. The molecule has 0 aromatic heterocycles. The van der Waals surface area contributed by atoms with E-state index in [9.17, 15) is 0 Å². The van der Waals surface area contributed by atoms with Crippen molar-refractivity contribution < 1.29 is 19.0 Å². The van der Waals surface area contributed by atoms with E-state index in [2.05, 4.69) is 81.4 Å². The van der Waals surface area contributed by atoms with Gasteiger partial charge in [0.15, 0.2) is 5.79 Å². The van der Waals surface area contributed by atoms with Crippen molar-refractivity contribution in [2.24, 2.45) is 0 Å². The number of hydrogen-bond acceptors (Lipinski definition) is 4. The standard InChI is InChI=1S/C30H46O4Si/c1-29(2,3)35(25-18-12-10-13-19-25,26-20-14-11-15-21-26)32-24-28-27(33-30(4,5)34-28)22-16-8-6-7-9-17-23-31/h10-15,18-21,27-28,31H,6-9,16-17,22-24H2,1-5H3/t27-,28-/m0/s1. The van der Waals surface area contributed by atoms with E-state index in [1.165, 1.54) is 29.6 Å². The highest BCUT2D eigenvalue weighted by Crippen LogP contribution is 2.38. The lowest BCUT2D eigenvalue weighted by molar-refractivity contribution is -0.149. The predicted octanol–water partition coefficient (Wildman–Crippen LogP) is 5.81. The molecule has 5 heteroatoms. The first kappa shape index (κ1) is 28.1. The molecule has 1 fully saturated rings. The lowest BCUT2D eigenvalue weighted by Crippen LogP contribution is -2.67. The molecule has 0 bridgehead atoms. The number of rotatable bonds is 13. The molecule has 1 saturated heterocycles. The molecule has 1 aliphatic heterocycles. The maximum absolute atomic E-state index is 8.95. The number of hydrogen-bond donors (Lipinski definition) is 1. The van der Waals surface area contributed by atoms with E-state index in [0.717, 1.165) is 25.7 Å². The number of benzene rings is 2. The van der Waals surface area contributed by atoms with Crippen molar-refractivity contribution in [3.05, 3.63) is 60.7 Å². The van der Waals surface area contributed by atoms with Crippen LogP contribution in [0.4, 0.5) is 0 Å². The largest absolute Gasteiger partial charge is 0.405 e. The van der Waals surface area contributed by atoms with Gasteiger partial charge in [-0.1, -0.05) is 114 Å². The molecular weight excluding hydrogens is 452 g/mol. The molecule has 35 heavy (non-hydrogen) atoms. The Hall–Kier alpha value is -1.50. The summed E-state index contributed by atoms with van der Waals surface area (Å²) in [5.41, 5.74) is 0. The van der Waals surface area contributed by atoms with Crippen LogP contribution in [0.3, 0.4) is 0 Å². The molecule has 1 heterocycles. The van der Waals surface area contributed by atoms with Crippen LogP contribution in [-0.4, -0.2) is 44.6 Å². The Morgan fingerprint density at radius 3 is 1.77 bits per heavy atom. The predicted molar refractivity (Wildman–Crippen MR) is 147 cm³/mol. The molecule has 0 unspecified atom stereocenters. The summed E-state index contributed by atoms with van der Waals surface area (Å²) >= 11 is 0. The monoisotopic (exact) mass is 498 g/mol. The molecule has 3 rings (SSSR count). The fourth-order valence-corrected chi connectivity index (χ4v) is 10.00. The quantitative estimate of drug-likeness (QED) is 0.280. The van der Waals surface area contributed by atoms with Gasteiger partial charge in [0, 0.05) is 6.61 Å². The number of ether oxygens (including phenoxy) is 2. The van der Waals surface area contributed by atoms with E-state index in [1.54, 1.807) is 0 Å². The van der Waals surface area contributed by atoms with E-state index >= 15 is 0 Å². The lowest BCUT2D eigenvalue weighted by atomic mass is 10.0. The van der Waals surface area contributed by atoms with Gasteiger partial charge in [0.05, 0.1) is 12.7 Å². The average molecular weight is 499 g/mol. The molecule has 2 aromatic carbocycles. The Balaban J connectivity index is 1.76. The highest BCUT2D eigenvalue weighted by Gasteiger charge is 2.51. The zero-order valence-electron chi connectivity index (χ0n) is 22.5. The van der Waals surface area contributed by atoms with Crippen LogP contribution in [0, 0.1) is 0 Å². The Bertz CT molecular complexity index is 823. The SMILES string of the molecule is CC1(C)O[C@@H](CCCCCCCCO)[C@H](CO[Si](c2ccccc2)(c2ccccc2)C(C)(C)C)O1. The Kier molecular flexibility index (Phi) is 10.1. The highest BCUT2D eigenvalue weighted by atomic mass is 28.4. The third kappa shape index (κ3) is 7.27. The van der Waals surface area contributed by atoms with Gasteiger partial charge in [-0.05, 0) is 42.1 Å². The summed E-state index contributed by atoms with van der Waals surface area (Å²) in [4.78, 5) is 0. The van der Waals surface area contributed by atoms with Gasteiger partial charge in [-0.25, -0.2) is 0 Å². The molecule has 0 amide bonds. The minimum Gasteiger partial charge on any atom is -0.405 e. The van der Waals surface area contributed by atoms with Crippen molar-refractivity contribution in [1.29, 1.82) is 0 Å². The number of unbranched alkanes of at least 4 members (excludes halogenated alkanes) is 5. The van der Waals surface area contributed by atoms with Crippen LogP contribution in [0.15, 0.2) is 60.7 Å². The van der Waals surface area contributed by atoms with Gasteiger partial charge < -0.3 is 19.0 Å². The van der Waals surface area contributed by atoms with Crippen molar-refractivity contribution in [2.75, 3.05) is 13.2 Å². The van der Waals surface area contributed by atoms with Crippen LogP contribution in [0.2, 0.25) is 5.04 Å². The molecule has 0 saturated carbocycles. The van der Waals surface area contributed by atoms with Gasteiger partial charge in [0.2, 0.25) is 0 Å². The third-order valence-corrected chi connectivity index (χ3v) is 12.1. The van der Waals surface area contributed by atoms with Crippen molar-refractivity contribution in [3.8, 4) is 0 Å². The topological polar surface area (TPSA) is 47.9 Å². The fraction of sp³-hybridized carbons (Fsp3) is 0.600. The summed E-state index contributed by atoms with van der Waals surface area (Å²) in [5, 5.41) is 11.5. The first-order valence-corrected chi connectivity index (χ1v) is 15.3. The molecule has 0 radical (unpaired) electrons. The Morgan fingerprint density at radius 2 is 1.26 bits per heavy atom. The third-order valence-electron chi connectivity index (χ3n) is 7.06. The molecule has 1 aliphatic rings. The molecule has 194 valence electrons. The number of aliphatic hydroxyl groups is 1. The van der Waals surface area contributed by atoms with Crippen molar-refractivity contribution in [3.63, 3.8) is 0 Å². The molecule has 1 N–H and O–H groups in total. The van der Waals surface area contributed by atoms with E-state index < -0.39 is 14.1 Å². The van der Waals surface area contributed by atoms with E-state index in [4.69, 9.17) is 19.0 Å². The maximum atomic E-state index is 8.95. The molecule has 2 aromatic rings. The summed E-state index contributed by atoms with van der Waals surface area (Å²) in [7, 11) is -2.61. The van der Waals surface area contributed by atoms with Crippen molar-refractivity contribution in [1.82, 2.24) is 0 Å². The second kappa shape index (κ2) is 12.6. The van der Waals surface area contributed by atoms with Crippen LogP contribution in [0.1, 0.15) is 79.6 Å². The van der Waals surface area contributed by atoms with Crippen molar-refractivity contribution in [2.45, 2.75) is 103 Å². The molecule has 0 aliphatic carbocycles. The van der Waals surface area contributed by atoms with Gasteiger partial charge in [-0.15, -0.1) is 0 Å².